The monoisotopic (exact) mass is 538 g/mol. The van der Waals surface area contributed by atoms with Crippen LogP contribution in [0.25, 0.3) is 5.57 Å². The fourth-order valence-electron chi connectivity index (χ4n) is 4.81. The summed E-state index contributed by atoms with van der Waals surface area (Å²) in [5, 5.41) is 4.53. The predicted molar refractivity (Wildman–Crippen MR) is 133 cm³/mol. The number of halogens is 2. The molecule has 0 saturated heterocycles. The molecule has 0 N–H and O–H groups in total. The Kier molecular flexibility index (Phi) is 8.62. The van der Waals surface area contributed by atoms with Gasteiger partial charge in [-0.3, -0.25) is 0 Å². The molecular weight excluding hydrogens is 511 g/mol. The molecule has 0 fully saturated rings. The first-order valence-corrected chi connectivity index (χ1v) is 19.6. The van der Waals surface area contributed by atoms with Gasteiger partial charge >= 0.3 is 177 Å². The number of thiophene rings is 1. The maximum atomic E-state index is 2.68. The number of fused-ring (bicyclic) bond motifs is 1. The van der Waals surface area contributed by atoms with Crippen LogP contribution in [0.15, 0.2) is 67.2 Å². The van der Waals surface area contributed by atoms with Gasteiger partial charge < -0.3 is 0 Å². The summed E-state index contributed by atoms with van der Waals surface area (Å²) in [7, 11) is 0. The second-order valence-corrected chi connectivity index (χ2v) is 26.4. The van der Waals surface area contributed by atoms with Gasteiger partial charge in [-0.2, -0.15) is 0 Å². The van der Waals surface area contributed by atoms with Crippen molar-refractivity contribution in [1.29, 1.82) is 0 Å². The zero-order valence-electron chi connectivity index (χ0n) is 18.0. The second-order valence-electron chi connectivity index (χ2n) is 8.14. The molecule has 2 unspecified atom stereocenters. The fraction of sp³-hybridized carbons (Fsp3) is 0.333. The largest absolute Gasteiger partial charge is 0.147 e. The summed E-state index contributed by atoms with van der Waals surface area (Å²) < 4.78 is 2.61. The van der Waals surface area contributed by atoms with Gasteiger partial charge in [-0.1, -0.05) is 0 Å². The zero-order chi connectivity index (χ0) is 19.3. The van der Waals surface area contributed by atoms with Crippen LogP contribution in [0.2, 0.25) is 13.1 Å². The van der Waals surface area contributed by atoms with Crippen molar-refractivity contribution in [3.8, 4) is 0 Å². The van der Waals surface area contributed by atoms with Crippen LogP contribution in [-0.2, 0) is 20.4 Å². The van der Waals surface area contributed by atoms with Gasteiger partial charge in [-0.25, -0.2) is 0 Å². The van der Waals surface area contributed by atoms with Crippen molar-refractivity contribution in [3.05, 3.63) is 83.9 Å². The Hall–Kier alpha value is -0.180. The minimum absolute atomic E-state index is 0. The van der Waals surface area contributed by atoms with Crippen LogP contribution in [0.1, 0.15) is 48.0 Å². The van der Waals surface area contributed by atoms with E-state index < -0.39 is 20.4 Å². The molecule has 1 aromatic carbocycles. The number of hydrogen-bond donors (Lipinski definition) is 0. The molecule has 2 atom stereocenters. The molecule has 0 saturated carbocycles. The van der Waals surface area contributed by atoms with Gasteiger partial charge in [0.2, 0.25) is 0 Å². The topological polar surface area (TPSA) is 0 Å². The molecule has 0 bridgehead atoms. The van der Waals surface area contributed by atoms with E-state index in [4.69, 9.17) is 0 Å². The number of rotatable bonds is 3. The number of allylic oxidation sites excluding steroid dienone is 5. The van der Waals surface area contributed by atoms with Crippen molar-refractivity contribution in [3.63, 3.8) is 0 Å². The second kappa shape index (κ2) is 9.96. The van der Waals surface area contributed by atoms with E-state index >= 15 is 0 Å². The Morgan fingerprint density at radius 3 is 2.21 bits per heavy atom. The van der Waals surface area contributed by atoms with Crippen LogP contribution in [0, 0.1) is 5.92 Å². The van der Waals surface area contributed by atoms with Gasteiger partial charge in [0.25, 0.3) is 0 Å². The molecule has 0 nitrogen and oxygen atoms in total. The first kappa shape index (κ1) is 25.1. The van der Waals surface area contributed by atoms with Crippen molar-refractivity contribution in [2.24, 2.45) is 5.92 Å². The average molecular weight is 541 g/mol. The van der Waals surface area contributed by atoms with E-state index in [0.717, 1.165) is 0 Å². The molecule has 5 heteroatoms. The third-order valence-electron chi connectivity index (χ3n) is 6.53. The van der Waals surface area contributed by atoms with Crippen LogP contribution >= 0.6 is 36.2 Å². The molecule has 0 radical (unpaired) electrons. The minimum atomic E-state index is -1.85. The maximum absolute atomic E-state index is 2.68. The van der Waals surface area contributed by atoms with Crippen molar-refractivity contribution in [2.45, 2.75) is 44.4 Å². The normalized spacial score (nSPS) is 20.1. The van der Waals surface area contributed by atoms with Gasteiger partial charge in [-0.15, -0.1) is 24.8 Å². The first-order chi connectivity index (χ1) is 12.9. The Labute approximate surface area is 200 Å². The average Bonchev–Trinajstić information content (AvgIpc) is 3.34. The Balaban J connectivity index is 0.00000150. The molecule has 154 valence electrons. The van der Waals surface area contributed by atoms with E-state index in [1.165, 1.54) is 16.7 Å². The molecule has 1 heterocycles. The number of benzene rings is 1. The Morgan fingerprint density at radius 2 is 1.66 bits per heavy atom. The molecule has 1 aromatic heterocycles. The van der Waals surface area contributed by atoms with Gasteiger partial charge in [0.05, 0.1) is 0 Å². The van der Waals surface area contributed by atoms with Crippen LogP contribution in [0.5, 0.6) is 0 Å². The molecular formula is C24H30Cl2SSiZr. The smallest absolute Gasteiger partial charge is 0.147 e. The Bertz CT molecular complexity index is 1040. The molecule has 0 aliphatic heterocycles. The third-order valence-corrected chi connectivity index (χ3v) is 25.8. The molecule has 0 spiro atoms. The summed E-state index contributed by atoms with van der Waals surface area (Å²) >= 11 is -0.0431. The summed E-state index contributed by atoms with van der Waals surface area (Å²) in [6.07, 6.45) is 2.68. The summed E-state index contributed by atoms with van der Waals surface area (Å²) in [5.41, 5.74) is 10.5. The van der Waals surface area contributed by atoms with Crippen LogP contribution in [-0.4, -0.2) is 5.43 Å². The summed E-state index contributed by atoms with van der Waals surface area (Å²) in [6, 6.07) is 11.5. The quantitative estimate of drug-likeness (QED) is 0.344. The summed E-state index contributed by atoms with van der Waals surface area (Å²) in [6.45, 7) is 14.8. The standard InChI is InChI=1S/C13H9S.C9H13.C2H6Si.2ClH.Zr/c1-2-4-12-10(3-1)5-6-13(12)11-7-8-14-9-11;1-6-5-7(2)9(4)8(6)3;1-3-2;;;/h1-9H;6H,1-4H3;1-2H3;2*1H;. The van der Waals surface area contributed by atoms with Crippen molar-refractivity contribution < 1.29 is 20.4 Å². The summed E-state index contributed by atoms with van der Waals surface area (Å²) in [5.74, 6) is 0.671. The minimum Gasteiger partial charge on any atom is -0.147 e. The van der Waals surface area contributed by atoms with E-state index in [-0.39, 0.29) is 30.2 Å². The van der Waals surface area contributed by atoms with E-state index in [9.17, 15) is 0 Å². The third kappa shape index (κ3) is 4.28. The fourth-order valence-corrected chi connectivity index (χ4v) is 25.2. The molecule has 2 aromatic rings. The Morgan fingerprint density at radius 1 is 0.966 bits per heavy atom. The van der Waals surface area contributed by atoms with Gasteiger partial charge in [0.1, 0.15) is 0 Å². The van der Waals surface area contributed by atoms with E-state index in [0.29, 0.717) is 9.54 Å². The molecule has 2 aliphatic carbocycles. The SMILES string of the molecule is CC1=C(C)C(C)[C]([Zr]([CH]2C=C(c3ccsc3)c3ccccc32)=[Si](C)C)=C1C.Cl.Cl. The van der Waals surface area contributed by atoms with E-state index in [2.05, 4.69) is 88.0 Å². The molecule has 4 rings (SSSR count). The van der Waals surface area contributed by atoms with Gasteiger partial charge in [0.15, 0.2) is 0 Å². The van der Waals surface area contributed by atoms with Crippen LogP contribution < -0.4 is 0 Å². The van der Waals surface area contributed by atoms with Gasteiger partial charge in [0, 0.05) is 0 Å². The first-order valence-electron chi connectivity index (χ1n) is 9.81. The van der Waals surface area contributed by atoms with Crippen molar-refractivity contribution in [1.82, 2.24) is 0 Å². The van der Waals surface area contributed by atoms with Gasteiger partial charge in [-0.05, 0) is 0 Å². The zero-order valence-corrected chi connectivity index (χ0v) is 23.9. The maximum Gasteiger partial charge on any atom is -0.147 e. The van der Waals surface area contributed by atoms with Crippen molar-refractivity contribution in [2.75, 3.05) is 0 Å². The molecule has 29 heavy (non-hydrogen) atoms. The summed E-state index contributed by atoms with van der Waals surface area (Å²) in [4.78, 5) is 0. The van der Waals surface area contributed by atoms with Crippen LogP contribution in [0.4, 0.5) is 0 Å². The van der Waals surface area contributed by atoms with E-state index in [1.54, 1.807) is 22.3 Å². The number of hydrogen-bond acceptors (Lipinski definition) is 1. The molecule has 2 aliphatic rings. The van der Waals surface area contributed by atoms with Crippen LogP contribution in [0.3, 0.4) is 0 Å². The molecule has 0 amide bonds. The van der Waals surface area contributed by atoms with E-state index in [1.807, 2.05) is 14.6 Å². The predicted octanol–water partition coefficient (Wildman–Crippen LogP) is 8.21. The van der Waals surface area contributed by atoms with Crippen molar-refractivity contribution >= 4 is 47.2 Å².